The van der Waals surface area contributed by atoms with Crippen molar-refractivity contribution >= 4 is 60.7 Å². The molecule has 0 amide bonds. The lowest BCUT2D eigenvalue weighted by molar-refractivity contribution is 1.16. The molecule has 0 aliphatic rings. The van der Waals surface area contributed by atoms with Crippen molar-refractivity contribution in [3.8, 4) is 34.6 Å². The molecule has 0 fully saturated rings. The minimum atomic E-state index is 0.441. The summed E-state index contributed by atoms with van der Waals surface area (Å²) in [5, 5.41) is 24.6. The fraction of sp³-hybridized carbons (Fsp3) is 0. The Kier molecular flexibility index (Phi) is 7.51. The number of nitriles is 2. The first-order chi connectivity index (χ1) is 27.2. The molecule has 0 aliphatic heterocycles. The summed E-state index contributed by atoms with van der Waals surface area (Å²) in [7, 11) is 0. The molecule has 5 nitrogen and oxygen atoms in total. The maximum Gasteiger partial charge on any atom is 0.101 e. The largest absolute Gasteiger partial charge is 0.310 e. The SMILES string of the molecule is N#Cc1ccc(-n2c3ccc(N(c4ccccc4)c4ccccc4)cc3c3c(-c4ccc5c6ccccc6n(-c6ccccc6)c5c4)cccc32)c(C#N)c1. The molecule has 10 aromatic rings. The van der Waals surface area contributed by atoms with Crippen molar-refractivity contribution in [2.24, 2.45) is 0 Å². The molecule has 0 radical (unpaired) electrons. The highest BCUT2D eigenvalue weighted by atomic mass is 15.1. The Morgan fingerprint density at radius 1 is 0.418 bits per heavy atom. The topological polar surface area (TPSA) is 60.7 Å². The molecule has 0 bridgehead atoms. The van der Waals surface area contributed by atoms with Gasteiger partial charge in [0.2, 0.25) is 0 Å². The van der Waals surface area contributed by atoms with Gasteiger partial charge in [0.25, 0.3) is 0 Å². The lowest BCUT2D eigenvalue weighted by Gasteiger charge is -2.25. The second-order valence-corrected chi connectivity index (χ2v) is 13.6. The Morgan fingerprint density at radius 3 is 1.80 bits per heavy atom. The molecular weight excluding hydrogens is 671 g/mol. The Bertz CT molecular complexity index is 3120. The van der Waals surface area contributed by atoms with Crippen LogP contribution in [0, 0.1) is 22.7 Å². The third-order valence-corrected chi connectivity index (χ3v) is 10.5. The number of anilines is 3. The van der Waals surface area contributed by atoms with Crippen LogP contribution in [0.2, 0.25) is 0 Å². The maximum atomic E-state index is 10.4. The zero-order valence-electron chi connectivity index (χ0n) is 29.6. The highest BCUT2D eigenvalue weighted by Crippen LogP contribution is 2.44. The van der Waals surface area contributed by atoms with E-state index in [-0.39, 0.29) is 0 Å². The average molecular weight is 702 g/mol. The van der Waals surface area contributed by atoms with Crippen molar-refractivity contribution in [2.75, 3.05) is 4.90 Å². The van der Waals surface area contributed by atoms with Gasteiger partial charge in [-0.2, -0.15) is 10.5 Å². The Morgan fingerprint density at radius 2 is 1.07 bits per heavy atom. The normalized spacial score (nSPS) is 11.2. The van der Waals surface area contributed by atoms with E-state index >= 15 is 0 Å². The first-order valence-electron chi connectivity index (χ1n) is 18.2. The van der Waals surface area contributed by atoms with Gasteiger partial charge in [0, 0.05) is 44.3 Å². The van der Waals surface area contributed by atoms with Crippen LogP contribution in [0.15, 0.2) is 188 Å². The van der Waals surface area contributed by atoms with Gasteiger partial charge in [-0.15, -0.1) is 0 Å². The van der Waals surface area contributed by atoms with Gasteiger partial charge in [-0.3, -0.25) is 0 Å². The number of hydrogen-bond donors (Lipinski definition) is 0. The molecule has 55 heavy (non-hydrogen) atoms. The summed E-state index contributed by atoms with van der Waals surface area (Å²) in [6.07, 6.45) is 0. The zero-order chi connectivity index (χ0) is 36.9. The van der Waals surface area contributed by atoms with Gasteiger partial charge in [-0.25, -0.2) is 0 Å². The van der Waals surface area contributed by atoms with E-state index in [1.807, 2.05) is 18.2 Å². The minimum Gasteiger partial charge on any atom is -0.310 e. The lowest BCUT2D eigenvalue weighted by atomic mass is 9.98. The molecule has 0 saturated carbocycles. The van der Waals surface area contributed by atoms with Crippen LogP contribution in [0.3, 0.4) is 0 Å². The van der Waals surface area contributed by atoms with Crippen LogP contribution in [0.25, 0.3) is 66.1 Å². The fourth-order valence-electron chi connectivity index (χ4n) is 8.18. The van der Waals surface area contributed by atoms with Gasteiger partial charge >= 0.3 is 0 Å². The summed E-state index contributed by atoms with van der Waals surface area (Å²) in [6, 6.07) is 69.7. The molecule has 0 N–H and O–H groups in total. The predicted molar refractivity (Wildman–Crippen MR) is 225 cm³/mol. The summed E-state index contributed by atoms with van der Waals surface area (Å²) in [6.45, 7) is 0. The van der Waals surface area contributed by atoms with Gasteiger partial charge in [0.15, 0.2) is 0 Å². The van der Waals surface area contributed by atoms with Gasteiger partial charge in [-0.05, 0) is 102 Å². The summed E-state index contributed by atoms with van der Waals surface area (Å²) >= 11 is 0. The molecule has 10 rings (SSSR count). The number of para-hydroxylation sites is 4. The van der Waals surface area contributed by atoms with Gasteiger partial charge < -0.3 is 14.0 Å². The Hall–Kier alpha value is -7.86. The van der Waals surface area contributed by atoms with Crippen LogP contribution in [-0.2, 0) is 0 Å². The van der Waals surface area contributed by atoms with Crippen LogP contribution < -0.4 is 4.90 Å². The number of hydrogen-bond acceptors (Lipinski definition) is 3. The van der Waals surface area contributed by atoms with Crippen LogP contribution in [0.5, 0.6) is 0 Å². The number of rotatable bonds is 6. The fourth-order valence-corrected chi connectivity index (χ4v) is 8.18. The van der Waals surface area contributed by atoms with E-state index in [9.17, 15) is 10.5 Å². The number of benzene rings is 8. The van der Waals surface area contributed by atoms with Gasteiger partial charge in [0.05, 0.1) is 45.0 Å². The molecule has 8 aromatic carbocycles. The van der Waals surface area contributed by atoms with Crippen molar-refractivity contribution in [1.82, 2.24) is 9.13 Å². The highest BCUT2D eigenvalue weighted by Gasteiger charge is 2.22. The first kappa shape index (κ1) is 31.8. The van der Waals surface area contributed by atoms with Crippen LogP contribution >= 0.6 is 0 Å². The van der Waals surface area contributed by atoms with E-state index in [0.29, 0.717) is 11.1 Å². The van der Waals surface area contributed by atoms with Crippen molar-refractivity contribution < 1.29 is 0 Å². The van der Waals surface area contributed by atoms with E-state index in [2.05, 4.69) is 184 Å². The molecule has 0 atom stereocenters. The zero-order valence-corrected chi connectivity index (χ0v) is 29.6. The Balaban J connectivity index is 1.29. The molecule has 0 spiro atoms. The van der Waals surface area contributed by atoms with E-state index in [4.69, 9.17) is 0 Å². The summed E-state index contributed by atoms with van der Waals surface area (Å²) in [4.78, 5) is 2.28. The lowest BCUT2D eigenvalue weighted by Crippen LogP contribution is -2.09. The summed E-state index contributed by atoms with van der Waals surface area (Å²) in [5.74, 6) is 0. The standard InChI is InChI=1S/C50H31N5/c51-32-34-23-27-45(36(29-34)33-52)55-47-28-25-40(53(37-13-4-1-5-14-37)38-15-6-2-7-16-38)31-44(47)50-41(20-12-22-48(50)55)35-24-26-43-42-19-10-11-21-46(42)54(49(43)30-35)39-17-8-3-9-18-39/h1-31H. The second kappa shape index (κ2) is 13.0. The molecule has 5 heteroatoms. The summed E-state index contributed by atoms with van der Waals surface area (Å²) in [5.41, 5.74) is 12.2. The van der Waals surface area contributed by atoms with Crippen molar-refractivity contribution in [1.29, 1.82) is 10.5 Å². The van der Waals surface area contributed by atoms with Crippen molar-refractivity contribution in [3.05, 3.63) is 199 Å². The third-order valence-electron chi connectivity index (χ3n) is 10.5. The summed E-state index contributed by atoms with van der Waals surface area (Å²) < 4.78 is 4.52. The maximum absolute atomic E-state index is 10.4. The smallest absolute Gasteiger partial charge is 0.101 e. The second-order valence-electron chi connectivity index (χ2n) is 13.6. The Labute approximate surface area is 318 Å². The number of fused-ring (bicyclic) bond motifs is 6. The predicted octanol–water partition coefficient (Wildman–Crippen LogP) is 12.8. The van der Waals surface area contributed by atoms with Gasteiger partial charge in [-0.1, -0.05) is 97.1 Å². The van der Waals surface area contributed by atoms with Gasteiger partial charge in [0.1, 0.15) is 6.07 Å². The molecule has 0 aliphatic carbocycles. The molecule has 0 saturated heterocycles. The van der Waals surface area contributed by atoms with E-state index in [1.54, 1.807) is 12.1 Å². The molecule has 256 valence electrons. The molecule has 0 unspecified atom stereocenters. The van der Waals surface area contributed by atoms with Crippen molar-refractivity contribution in [2.45, 2.75) is 0 Å². The van der Waals surface area contributed by atoms with Crippen molar-refractivity contribution in [3.63, 3.8) is 0 Å². The van der Waals surface area contributed by atoms with Crippen LogP contribution in [0.4, 0.5) is 17.1 Å². The third kappa shape index (κ3) is 5.15. The molecule has 2 heterocycles. The van der Waals surface area contributed by atoms with E-state index < -0.39 is 0 Å². The van der Waals surface area contributed by atoms with E-state index in [1.165, 1.54) is 10.8 Å². The molecule has 2 aromatic heterocycles. The van der Waals surface area contributed by atoms with Crippen LogP contribution in [0.1, 0.15) is 11.1 Å². The monoisotopic (exact) mass is 701 g/mol. The van der Waals surface area contributed by atoms with E-state index in [0.717, 1.165) is 72.4 Å². The average Bonchev–Trinajstić information content (AvgIpc) is 3.77. The van der Waals surface area contributed by atoms with Crippen LogP contribution in [-0.4, -0.2) is 9.13 Å². The molecular formula is C50H31N5. The highest BCUT2D eigenvalue weighted by molar-refractivity contribution is 6.18. The first-order valence-corrected chi connectivity index (χ1v) is 18.2. The number of aromatic nitrogens is 2. The minimum absolute atomic E-state index is 0.441. The number of nitrogens with zero attached hydrogens (tertiary/aromatic N) is 5. The quantitative estimate of drug-likeness (QED) is 0.173.